The van der Waals surface area contributed by atoms with E-state index < -0.39 is 11.6 Å². The SMILES string of the molecule is Cc1cc(C(C)(O)CNC(=O)Nc2nnc(C3CC3)s2)c(C)o1. The minimum atomic E-state index is -1.21. The highest BCUT2D eigenvalue weighted by Gasteiger charge is 2.29. The summed E-state index contributed by atoms with van der Waals surface area (Å²) in [4.78, 5) is 12.0. The lowest BCUT2D eigenvalue weighted by Gasteiger charge is -2.23. The number of aliphatic hydroxyl groups is 1. The summed E-state index contributed by atoms with van der Waals surface area (Å²) >= 11 is 1.40. The maximum absolute atomic E-state index is 12.0. The Labute approximate surface area is 138 Å². The number of urea groups is 1. The van der Waals surface area contributed by atoms with Crippen LogP contribution in [0.5, 0.6) is 0 Å². The van der Waals surface area contributed by atoms with Crippen LogP contribution in [0.1, 0.15) is 47.8 Å². The summed E-state index contributed by atoms with van der Waals surface area (Å²) in [5, 5.41) is 25.3. The first-order chi connectivity index (χ1) is 10.8. The van der Waals surface area contributed by atoms with Crippen molar-refractivity contribution in [1.29, 1.82) is 0 Å². The van der Waals surface area contributed by atoms with E-state index in [1.165, 1.54) is 11.3 Å². The molecule has 0 spiro atoms. The Morgan fingerprint density at radius 2 is 2.22 bits per heavy atom. The van der Waals surface area contributed by atoms with E-state index in [9.17, 15) is 9.90 Å². The normalized spacial score (nSPS) is 16.9. The summed E-state index contributed by atoms with van der Waals surface area (Å²) in [7, 11) is 0. The zero-order valence-electron chi connectivity index (χ0n) is 13.3. The van der Waals surface area contributed by atoms with Crippen LogP contribution in [0.25, 0.3) is 0 Å². The number of hydrogen-bond donors (Lipinski definition) is 3. The Hall–Kier alpha value is -1.93. The number of carbonyl (C=O) groups is 1. The first-order valence-electron chi connectivity index (χ1n) is 7.53. The number of aryl methyl sites for hydroxylation is 2. The Morgan fingerprint density at radius 3 is 2.83 bits per heavy atom. The first kappa shape index (κ1) is 15.9. The average Bonchev–Trinajstić information content (AvgIpc) is 3.13. The van der Waals surface area contributed by atoms with Crippen molar-refractivity contribution in [1.82, 2.24) is 15.5 Å². The number of nitrogens with one attached hydrogen (secondary N) is 2. The van der Waals surface area contributed by atoms with E-state index in [0.717, 1.165) is 23.6 Å². The molecule has 0 bridgehead atoms. The molecule has 23 heavy (non-hydrogen) atoms. The van der Waals surface area contributed by atoms with E-state index in [2.05, 4.69) is 20.8 Å². The molecule has 2 amide bonds. The van der Waals surface area contributed by atoms with Gasteiger partial charge in [0.1, 0.15) is 22.1 Å². The topological polar surface area (TPSA) is 100 Å². The second-order valence-corrected chi connectivity index (χ2v) is 7.14. The summed E-state index contributed by atoms with van der Waals surface area (Å²) in [5.74, 6) is 1.88. The summed E-state index contributed by atoms with van der Waals surface area (Å²) < 4.78 is 5.43. The molecule has 1 unspecified atom stereocenters. The molecule has 0 radical (unpaired) electrons. The van der Waals surface area contributed by atoms with Crippen molar-refractivity contribution in [3.63, 3.8) is 0 Å². The van der Waals surface area contributed by atoms with Crippen molar-refractivity contribution in [3.05, 3.63) is 28.2 Å². The third-order valence-electron chi connectivity index (χ3n) is 3.80. The summed E-state index contributed by atoms with van der Waals surface area (Å²) in [5.41, 5.74) is -0.540. The fourth-order valence-electron chi connectivity index (χ4n) is 2.43. The maximum Gasteiger partial charge on any atom is 0.321 e. The Bertz CT molecular complexity index is 718. The van der Waals surface area contributed by atoms with Gasteiger partial charge in [-0.15, -0.1) is 10.2 Å². The lowest BCUT2D eigenvalue weighted by Crippen LogP contribution is -2.40. The van der Waals surface area contributed by atoms with Gasteiger partial charge in [0.05, 0.1) is 6.54 Å². The van der Waals surface area contributed by atoms with Crippen LogP contribution in [-0.2, 0) is 5.60 Å². The molecule has 0 aliphatic heterocycles. The number of amides is 2. The Morgan fingerprint density at radius 1 is 1.48 bits per heavy atom. The van der Waals surface area contributed by atoms with Gasteiger partial charge >= 0.3 is 6.03 Å². The highest BCUT2D eigenvalue weighted by atomic mass is 32.1. The number of furan rings is 1. The third-order valence-corrected chi connectivity index (χ3v) is 4.80. The number of carbonyl (C=O) groups excluding carboxylic acids is 1. The lowest BCUT2D eigenvalue weighted by atomic mass is 9.96. The first-order valence-corrected chi connectivity index (χ1v) is 8.35. The van der Waals surface area contributed by atoms with Crippen molar-refractivity contribution in [3.8, 4) is 0 Å². The molecule has 3 rings (SSSR count). The Kier molecular flexibility index (Phi) is 4.11. The van der Waals surface area contributed by atoms with Crippen molar-refractivity contribution < 1.29 is 14.3 Å². The van der Waals surface area contributed by atoms with Gasteiger partial charge in [-0.25, -0.2) is 4.79 Å². The minimum absolute atomic E-state index is 0.0624. The molecular weight excluding hydrogens is 316 g/mol. The predicted octanol–water partition coefficient (Wildman–Crippen LogP) is 2.65. The second kappa shape index (κ2) is 5.93. The highest BCUT2D eigenvalue weighted by Crippen LogP contribution is 2.42. The van der Waals surface area contributed by atoms with Gasteiger partial charge < -0.3 is 14.8 Å². The smallest absolute Gasteiger partial charge is 0.321 e. The molecule has 3 N–H and O–H groups in total. The maximum atomic E-state index is 12.0. The van der Waals surface area contributed by atoms with Crippen LogP contribution < -0.4 is 10.6 Å². The van der Waals surface area contributed by atoms with Crippen molar-refractivity contribution >= 4 is 22.5 Å². The van der Waals surface area contributed by atoms with Gasteiger partial charge in [0.2, 0.25) is 5.13 Å². The molecule has 1 fully saturated rings. The molecule has 1 saturated carbocycles. The summed E-state index contributed by atoms with van der Waals surface area (Å²) in [6, 6.07) is 1.36. The number of anilines is 1. The van der Waals surface area contributed by atoms with Crippen LogP contribution in [-0.4, -0.2) is 27.9 Å². The number of rotatable bonds is 5. The number of nitrogens with zero attached hydrogens (tertiary/aromatic N) is 2. The highest BCUT2D eigenvalue weighted by molar-refractivity contribution is 7.15. The van der Waals surface area contributed by atoms with Crippen molar-refractivity contribution in [2.45, 2.75) is 45.1 Å². The molecule has 7 nitrogen and oxygen atoms in total. The third kappa shape index (κ3) is 3.70. The van der Waals surface area contributed by atoms with Gasteiger partial charge in [0.25, 0.3) is 0 Å². The second-order valence-electron chi connectivity index (χ2n) is 6.13. The van der Waals surface area contributed by atoms with E-state index in [4.69, 9.17) is 4.42 Å². The zero-order chi connectivity index (χ0) is 16.6. The zero-order valence-corrected chi connectivity index (χ0v) is 14.2. The fourth-order valence-corrected chi connectivity index (χ4v) is 3.34. The van der Waals surface area contributed by atoms with E-state index >= 15 is 0 Å². The fraction of sp³-hybridized carbons (Fsp3) is 0.533. The van der Waals surface area contributed by atoms with Crippen molar-refractivity contribution in [2.24, 2.45) is 0 Å². The molecule has 2 aromatic rings. The molecule has 8 heteroatoms. The predicted molar refractivity (Wildman–Crippen MR) is 86.7 cm³/mol. The van der Waals surface area contributed by atoms with Crippen LogP contribution in [0, 0.1) is 13.8 Å². The molecule has 2 aromatic heterocycles. The molecule has 1 aliphatic carbocycles. The minimum Gasteiger partial charge on any atom is -0.466 e. The van der Waals surface area contributed by atoms with Crippen LogP contribution in [0.15, 0.2) is 10.5 Å². The molecular formula is C15H20N4O3S. The number of aromatic nitrogens is 2. The quantitative estimate of drug-likeness (QED) is 0.779. The molecule has 124 valence electrons. The molecule has 1 atom stereocenters. The Balaban J connectivity index is 1.56. The van der Waals surface area contributed by atoms with Crippen LogP contribution in [0.3, 0.4) is 0 Å². The molecule has 1 aliphatic rings. The van der Waals surface area contributed by atoms with E-state index in [-0.39, 0.29) is 6.54 Å². The van der Waals surface area contributed by atoms with E-state index in [0.29, 0.717) is 22.4 Å². The standard InChI is InChI=1S/C15H20N4O3S/c1-8-6-11(9(2)22-8)15(3,21)7-16-13(20)17-14-19-18-12(23-14)10-4-5-10/h6,10,21H,4-5,7H2,1-3H3,(H2,16,17,19,20). The van der Waals surface area contributed by atoms with Crippen LogP contribution >= 0.6 is 11.3 Å². The van der Waals surface area contributed by atoms with Gasteiger partial charge in [-0.05, 0) is 39.7 Å². The summed E-state index contributed by atoms with van der Waals surface area (Å²) in [6.07, 6.45) is 2.29. The molecule has 2 heterocycles. The van der Waals surface area contributed by atoms with E-state index in [1.807, 2.05) is 6.92 Å². The molecule has 0 saturated heterocycles. The van der Waals surface area contributed by atoms with Gasteiger partial charge in [0.15, 0.2) is 0 Å². The van der Waals surface area contributed by atoms with Crippen LogP contribution in [0.4, 0.5) is 9.93 Å². The van der Waals surface area contributed by atoms with Gasteiger partial charge in [-0.3, -0.25) is 5.32 Å². The van der Waals surface area contributed by atoms with Crippen LogP contribution in [0.2, 0.25) is 0 Å². The van der Waals surface area contributed by atoms with Gasteiger partial charge in [0, 0.05) is 11.5 Å². The molecule has 0 aromatic carbocycles. The largest absolute Gasteiger partial charge is 0.466 e. The summed E-state index contributed by atoms with van der Waals surface area (Å²) in [6.45, 7) is 5.31. The average molecular weight is 336 g/mol. The van der Waals surface area contributed by atoms with Gasteiger partial charge in [-0.1, -0.05) is 11.3 Å². The number of hydrogen-bond acceptors (Lipinski definition) is 6. The van der Waals surface area contributed by atoms with E-state index in [1.54, 1.807) is 19.9 Å². The lowest BCUT2D eigenvalue weighted by molar-refractivity contribution is 0.0584. The van der Waals surface area contributed by atoms with Crippen molar-refractivity contribution in [2.75, 3.05) is 11.9 Å². The monoisotopic (exact) mass is 336 g/mol. The van der Waals surface area contributed by atoms with Gasteiger partial charge in [-0.2, -0.15) is 0 Å².